The van der Waals surface area contributed by atoms with E-state index in [0.29, 0.717) is 25.7 Å². The zero-order valence-electron chi connectivity index (χ0n) is 18.5. The number of aromatic nitrogens is 1. The number of Topliss-reactive ketones (excluding diaryl/α,β-unsaturated/α-hetero) is 1. The topological polar surface area (TPSA) is 45.6 Å². The van der Waals surface area contributed by atoms with Crippen LogP contribution in [0.4, 0.5) is 0 Å². The van der Waals surface area contributed by atoms with Crippen LogP contribution in [0.5, 0.6) is 0 Å². The molecule has 1 aliphatic carbocycles. The van der Waals surface area contributed by atoms with E-state index >= 15 is 0 Å². The summed E-state index contributed by atoms with van der Waals surface area (Å²) in [7, 11) is 0. The van der Waals surface area contributed by atoms with E-state index < -0.39 is 0 Å². The molecule has 1 amide bonds. The van der Waals surface area contributed by atoms with E-state index in [4.69, 9.17) is 0 Å². The van der Waals surface area contributed by atoms with E-state index in [2.05, 4.69) is 29.4 Å². The third-order valence-corrected chi connectivity index (χ3v) is 6.80. The minimum absolute atomic E-state index is 0.0843. The van der Waals surface area contributed by atoms with Gasteiger partial charge in [0.25, 0.3) is 5.91 Å². The Morgan fingerprint density at radius 1 is 0.933 bits per heavy atom. The number of carbonyl (C=O) groups excluding carboxylic acids is 2. The molecule has 1 aliphatic heterocycles. The SMILES string of the molecule is Cc1ccc(C(=O)N2CCN(CC(=O)c3cc(C)n(C4CCCC4)c3C)CC2)cc1. The molecule has 0 bridgehead atoms. The number of hydrogen-bond donors (Lipinski definition) is 0. The second kappa shape index (κ2) is 8.76. The molecular weight excluding hydrogens is 374 g/mol. The Morgan fingerprint density at radius 2 is 1.57 bits per heavy atom. The quantitative estimate of drug-likeness (QED) is 0.699. The second-order valence-corrected chi connectivity index (χ2v) is 8.95. The van der Waals surface area contributed by atoms with Gasteiger partial charge in [-0.1, -0.05) is 30.5 Å². The molecule has 5 heteroatoms. The van der Waals surface area contributed by atoms with Crippen LogP contribution in [0.15, 0.2) is 30.3 Å². The minimum atomic E-state index is 0.0843. The number of benzene rings is 1. The molecule has 2 aliphatic rings. The third kappa shape index (κ3) is 4.22. The largest absolute Gasteiger partial charge is 0.345 e. The molecule has 0 N–H and O–H groups in total. The van der Waals surface area contributed by atoms with Crippen LogP contribution < -0.4 is 0 Å². The lowest BCUT2D eigenvalue weighted by Gasteiger charge is -2.34. The summed E-state index contributed by atoms with van der Waals surface area (Å²) in [6.07, 6.45) is 5.02. The molecule has 1 aromatic carbocycles. The molecule has 30 heavy (non-hydrogen) atoms. The molecule has 1 aromatic heterocycles. The van der Waals surface area contributed by atoms with E-state index in [1.54, 1.807) is 0 Å². The fraction of sp³-hybridized carbons (Fsp3) is 0.520. The molecule has 0 atom stereocenters. The summed E-state index contributed by atoms with van der Waals surface area (Å²) in [5, 5.41) is 0. The maximum atomic E-state index is 13.0. The normalized spacial score (nSPS) is 18.2. The summed E-state index contributed by atoms with van der Waals surface area (Å²) >= 11 is 0. The molecule has 4 rings (SSSR count). The van der Waals surface area contributed by atoms with Crippen LogP contribution in [0, 0.1) is 20.8 Å². The molecule has 2 fully saturated rings. The summed E-state index contributed by atoms with van der Waals surface area (Å²) in [4.78, 5) is 29.8. The number of rotatable bonds is 5. The van der Waals surface area contributed by atoms with Gasteiger partial charge in [0.05, 0.1) is 6.54 Å². The molecule has 160 valence electrons. The summed E-state index contributed by atoms with van der Waals surface area (Å²) in [5.74, 6) is 0.284. The van der Waals surface area contributed by atoms with Crippen LogP contribution in [0.2, 0.25) is 0 Å². The van der Waals surface area contributed by atoms with Crippen molar-refractivity contribution in [1.29, 1.82) is 0 Å². The number of amides is 1. The van der Waals surface area contributed by atoms with Gasteiger partial charge in [0.1, 0.15) is 0 Å². The van der Waals surface area contributed by atoms with Gasteiger partial charge in [0, 0.05) is 54.7 Å². The van der Waals surface area contributed by atoms with Crippen LogP contribution in [0.25, 0.3) is 0 Å². The predicted octanol–water partition coefficient (Wildman–Crippen LogP) is 4.17. The Labute approximate surface area is 179 Å². The van der Waals surface area contributed by atoms with Crippen molar-refractivity contribution in [3.8, 4) is 0 Å². The molecule has 2 aromatic rings. The standard InChI is InChI=1S/C25H33N3O2/c1-18-8-10-21(11-9-18)25(30)27-14-12-26(13-15-27)17-24(29)23-16-19(2)28(20(23)3)22-6-4-5-7-22/h8-11,16,22H,4-7,12-15,17H2,1-3H3. The van der Waals surface area contributed by atoms with Crippen LogP contribution in [0.3, 0.4) is 0 Å². The lowest BCUT2D eigenvalue weighted by Crippen LogP contribution is -2.49. The third-order valence-electron chi connectivity index (χ3n) is 6.80. The maximum absolute atomic E-state index is 13.0. The molecule has 1 saturated heterocycles. The Kier molecular flexibility index (Phi) is 6.09. The number of nitrogens with zero attached hydrogens (tertiary/aromatic N) is 3. The van der Waals surface area contributed by atoms with Gasteiger partial charge in [-0.25, -0.2) is 0 Å². The van der Waals surface area contributed by atoms with Gasteiger partial charge < -0.3 is 9.47 Å². The highest BCUT2D eigenvalue weighted by Crippen LogP contribution is 2.33. The first kappa shape index (κ1) is 20.9. The number of ketones is 1. The first-order valence-corrected chi connectivity index (χ1v) is 11.2. The van der Waals surface area contributed by atoms with E-state index in [1.165, 1.54) is 31.4 Å². The fourth-order valence-corrected chi connectivity index (χ4v) is 5.06. The summed E-state index contributed by atoms with van der Waals surface area (Å²) in [5.41, 5.74) is 5.10. The zero-order valence-corrected chi connectivity index (χ0v) is 18.5. The van der Waals surface area contributed by atoms with Crippen LogP contribution in [-0.4, -0.2) is 58.8 Å². The van der Waals surface area contributed by atoms with E-state index in [9.17, 15) is 9.59 Å². The van der Waals surface area contributed by atoms with Gasteiger partial charge >= 0.3 is 0 Å². The predicted molar refractivity (Wildman–Crippen MR) is 119 cm³/mol. The van der Waals surface area contributed by atoms with Crippen molar-refractivity contribution in [2.24, 2.45) is 0 Å². The first-order valence-electron chi connectivity index (χ1n) is 11.2. The average Bonchev–Trinajstić information content (AvgIpc) is 3.36. The van der Waals surface area contributed by atoms with Crippen LogP contribution in [-0.2, 0) is 0 Å². The molecule has 0 unspecified atom stereocenters. The van der Waals surface area contributed by atoms with Crippen molar-refractivity contribution >= 4 is 11.7 Å². The number of hydrogen-bond acceptors (Lipinski definition) is 3. The molecule has 2 heterocycles. The minimum Gasteiger partial charge on any atom is -0.345 e. The Balaban J connectivity index is 1.35. The fourth-order valence-electron chi connectivity index (χ4n) is 5.06. The van der Waals surface area contributed by atoms with Gasteiger partial charge in [0.15, 0.2) is 5.78 Å². The van der Waals surface area contributed by atoms with Gasteiger partial charge in [-0.15, -0.1) is 0 Å². The van der Waals surface area contributed by atoms with Crippen molar-refractivity contribution in [2.45, 2.75) is 52.5 Å². The van der Waals surface area contributed by atoms with Crippen LogP contribution in [0.1, 0.15) is 69.4 Å². The summed E-state index contributed by atoms with van der Waals surface area (Å²) in [6.45, 7) is 9.49. The lowest BCUT2D eigenvalue weighted by molar-refractivity contribution is 0.0624. The van der Waals surface area contributed by atoms with Crippen LogP contribution >= 0.6 is 0 Å². The first-order chi connectivity index (χ1) is 14.4. The van der Waals surface area contributed by atoms with Gasteiger partial charge in [-0.2, -0.15) is 0 Å². The Bertz CT molecular complexity index is 915. The highest BCUT2D eigenvalue weighted by Gasteiger charge is 2.26. The molecule has 1 saturated carbocycles. The number of piperazine rings is 1. The number of aryl methyl sites for hydroxylation is 2. The van der Waals surface area contributed by atoms with Gasteiger partial charge in [-0.05, 0) is 51.8 Å². The molecule has 0 spiro atoms. The number of carbonyl (C=O) groups is 2. The Morgan fingerprint density at radius 3 is 2.20 bits per heavy atom. The smallest absolute Gasteiger partial charge is 0.253 e. The van der Waals surface area contributed by atoms with Crippen molar-refractivity contribution in [3.63, 3.8) is 0 Å². The van der Waals surface area contributed by atoms with Crippen molar-refractivity contribution in [1.82, 2.24) is 14.4 Å². The van der Waals surface area contributed by atoms with Crippen molar-refractivity contribution in [3.05, 3.63) is 58.4 Å². The van der Waals surface area contributed by atoms with Gasteiger partial charge in [-0.3, -0.25) is 14.5 Å². The summed E-state index contributed by atoms with van der Waals surface area (Å²) < 4.78 is 2.39. The zero-order chi connectivity index (χ0) is 21.3. The highest BCUT2D eigenvalue weighted by atomic mass is 16.2. The monoisotopic (exact) mass is 407 g/mol. The molecular formula is C25H33N3O2. The second-order valence-electron chi connectivity index (χ2n) is 8.95. The molecule has 0 radical (unpaired) electrons. The van der Waals surface area contributed by atoms with E-state index in [1.807, 2.05) is 36.1 Å². The summed E-state index contributed by atoms with van der Waals surface area (Å²) in [6, 6.07) is 10.4. The maximum Gasteiger partial charge on any atom is 0.253 e. The van der Waals surface area contributed by atoms with E-state index in [0.717, 1.165) is 35.5 Å². The van der Waals surface area contributed by atoms with Gasteiger partial charge in [0.2, 0.25) is 0 Å². The molecule has 5 nitrogen and oxygen atoms in total. The highest BCUT2D eigenvalue weighted by molar-refractivity contribution is 5.99. The van der Waals surface area contributed by atoms with Crippen molar-refractivity contribution < 1.29 is 9.59 Å². The van der Waals surface area contributed by atoms with Crippen molar-refractivity contribution in [2.75, 3.05) is 32.7 Å². The Hall–Kier alpha value is -2.40. The van der Waals surface area contributed by atoms with E-state index in [-0.39, 0.29) is 11.7 Å². The lowest BCUT2D eigenvalue weighted by atomic mass is 10.1. The average molecular weight is 408 g/mol.